The van der Waals surface area contributed by atoms with Gasteiger partial charge in [-0.2, -0.15) is 0 Å². The van der Waals surface area contributed by atoms with Gasteiger partial charge < -0.3 is 36.3 Å². The lowest BCUT2D eigenvalue weighted by atomic mass is 10.1. The Morgan fingerprint density at radius 3 is 1.63 bits per heavy atom. The highest BCUT2D eigenvalue weighted by molar-refractivity contribution is 7.21. The van der Waals surface area contributed by atoms with Crippen molar-refractivity contribution in [1.29, 1.82) is 0 Å². The second-order valence-electron chi connectivity index (χ2n) is 14.2. The lowest BCUT2D eigenvalue weighted by Gasteiger charge is -2.18. The van der Waals surface area contributed by atoms with Crippen LogP contribution in [0, 0.1) is 0 Å². The topological polar surface area (TPSA) is 212 Å². The van der Waals surface area contributed by atoms with Crippen molar-refractivity contribution in [2.45, 2.75) is 70.2 Å². The van der Waals surface area contributed by atoms with Crippen LogP contribution in [-0.2, 0) is 32.3 Å². The Labute approximate surface area is 354 Å². The van der Waals surface area contributed by atoms with Gasteiger partial charge in [0, 0.05) is 25.5 Å². The van der Waals surface area contributed by atoms with Gasteiger partial charge in [0.25, 0.3) is 11.8 Å². The van der Waals surface area contributed by atoms with Gasteiger partial charge in [0.2, 0.25) is 0 Å². The van der Waals surface area contributed by atoms with Crippen molar-refractivity contribution >= 4 is 73.0 Å². The number of aromatic nitrogens is 2. The first-order valence-electron chi connectivity index (χ1n) is 19.1. The predicted octanol–water partition coefficient (Wildman–Crippen LogP) is 6.89. The van der Waals surface area contributed by atoms with Crippen molar-refractivity contribution in [1.82, 2.24) is 25.9 Å². The Morgan fingerprint density at radius 2 is 1.17 bits per heavy atom. The summed E-state index contributed by atoms with van der Waals surface area (Å²) in [5, 5.41) is 16.5. The van der Waals surface area contributed by atoms with E-state index in [1.165, 1.54) is 46.6 Å². The maximum Gasteiger partial charge on any atom is 0.408 e. The third-order valence-corrected chi connectivity index (χ3v) is 12.0. The quantitative estimate of drug-likeness (QED) is 0.0671. The number of aliphatic carboxylic acids is 1. The van der Waals surface area contributed by atoms with Crippen LogP contribution in [0.3, 0.4) is 0 Å². The minimum Gasteiger partial charge on any atom is -0.480 e. The first-order chi connectivity index (χ1) is 28.6. The number of ether oxygens (including phenoxy) is 2. The first-order valence-corrected chi connectivity index (χ1v) is 20.8. The Balaban J connectivity index is 0.000000232. The van der Waals surface area contributed by atoms with E-state index in [0.29, 0.717) is 21.6 Å². The molecule has 0 aliphatic heterocycles. The van der Waals surface area contributed by atoms with Crippen LogP contribution in [0.25, 0.3) is 20.4 Å². The molecule has 0 radical (unpaired) electrons. The van der Waals surface area contributed by atoms with E-state index in [4.69, 9.17) is 20.3 Å². The molecule has 16 heteroatoms. The molecular weight excluding hydrogens is 805 g/mol. The van der Waals surface area contributed by atoms with Gasteiger partial charge in [-0.3, -0.25) is 24.4 Å². The number of esters is 1. The summed E-state index contributed by atoms with van der Waals surface area (Å²) >= 11 is 2.78. The molecule has 2 aliphatic rings. The van der Waals surface area contributed by atoms with Crippen molar-refractivity contribution in [2.24, 2.45) is 5.73 Å². The van der Waals surface area contributed by atoms with Crippen LogP contribution in [0.2, 0.25) is 0 Å². The number of carboxylic acid groups (broad SMARTS) is 1. The number of carbonyl (C=O) groups excluding carboxylic acids is 4. The molecule has 2 atom stereocenters. The van der Waals surface area contributed by atoms with E-state index in [2.05, 4.69) is 25.9 Å². The van der Waals surface area contributed by atoms with E-state index in [1.54, 1.807) is 24.5 Å². The largest absolute Gasteiger partial charge is 0.480 e. The molecule has 6 N–H and O–H groups in total. The fourth-order valence-electron chi connectivity index (χ4n) is 6.16. The van der Waals surface area contributed by atoms with E-state index in [0.717, 1.165) is 44.4 Å². The van der Waals surface area contributed by atoms with Gasteiger partial charge in [0.1, 0.15) is 25.3 Å². The zero-order valence-electron chi connectivity index (χ0n) is 31.8. The highest BCUT2D eigenvalue weighted by Crippen LogP contribution is 2.45. The van der Waals surface area contributed by atoms with Crippen molar-refractivity contribution in [3.05, 3.63) is 129 Å². The standard InChI is InChI=1S/C29H27N3O5S.C14H15N3O3S.CH4/c33-27(25-15-23-26(38-25)22(13-14-30-23)21-11-12-21)31-16-24(28(34)36-17-19-7-3-1-4-8-19)32-29(35)37-18-20-9-5-2-6-10-20;15-9(14(19)20)6-17-13(18)11-5-10-12(21-11)8(3-4-16-10)7-1-2-7;/h1-10,13-15,21,24H,11-12,16-18H2,(H,31,33)(H,32,35);3-5,7,9H,1-2,6,15H2,(H,17,18)(H,19,20);1H4/t24-;9-;/m11./s1. The third kappa shape index (κ3) is 11.5. The number of hydrogen-bond acceptors (Lipinski definition) is 12. The number of fused-ring (bicyclic) bond motifs is 2. The summed E-state index contributed by atoms with van der Waals surface area (Å²) in [6.07, 6.45) is 7.43. The van der Waals surface area contributed by atoms with E-state index in [9.17, 15) is 24.0 Å². The minimum absolute atomic E-state index is 0. The molecule has 312 valence electrons. The molecule has 2 aliphatic carbocycles. The number of nitrogens with one attached hydrogen (secondary N) is 3. The normalized spacial score (nSPS) is 14.1. The number of nitrogens with two attached hydrogens (primary N) is 1. The molecule has 2 aromatic carbocycles. The molecule has 4 aromatic heterocycles. The number of hydrogen-bond donors (Lipinski definition) is 5. The lowest BCUT2D eigenvalue weighted by Crippen LogP contribution is -2.49. The lowest BCUT2D eigenvalue weighted by molar-refractivity contribution is -0.147. The number of benzene rings is 2. The summed E-state index contributed by atoms with van der Waals surface area (Å²) in [7, 11) is 0. The van der Waals surface area contributed by atoms with Gasteiger partial charge in [-0.1, -0.05) is 68.1 Å². The van der Waals surface area contributed by atoms with Crippen molar-refractivity contribution < 1.29 is 38.6 Å². The summed E-state index contributed by atoms with van der Waals surface area (Å²) < 4.78 is 12.8. The average molecular weight is 851 g/mol. The number of alkyl carbamates (subject to hydrolysis) is 1. The second-order valence-corrected chi connectivity index (χ2v) is 16.3. The van der Waals surface area contributed by atoms with Crippen LogP contribution in [0.5, 0.6) is 0 Å². The molecule has 4 heterocycles. The maximum atomic E-state index is 13.0. The smallest absolute Gasteiger partial charge is 0.408 e. The molecule has 2 fully saturated rings. The Kier molecular flexibility index (Phi) is 14.6. The van der Waals surface area contributed by atoms with Crippen LogP contribution >= 0.6 is 22.7 Å². The highest BCUT2D eigenvalue weighted by atomic mass is 32.1. The van der Waals surface area contributed by atoms with Gasteiger partial charge in [-0.05, 0) is 84.0 Å². The summed E-state index contributed by atoms with van der Waals surface area (Å²) in [6, 6.07) is 23.7. The monoisotopic (exact) mass is 850 g/mol. The molecule has 60 heavy (non-hydrogen) atoms. The molecule has 6 aromatic rings. The maximum absolute atomic E-state index is 13.0. The van der Waals surface area contributed by atoms with Gasteiger partial charge >= 0.3 is 18.0 Å². The number of thiophene rings is 2. The van der Waals surface area contributed by atoms with E-state index < -0.39 is 30.1 Å². The molecule has 0 saturated heterocycles. The third-order valence-electron chi connectivity index (χ3n) is 9.65. The second kappa shape index (κ2) is 20.2. The fourth-order valence-corrected chi connectivity index (χ4v) is 8.41. The zero-order valence-corrected chi connectivity index (χ0v) is 33.4. The van der Waals surface area contributed by atoms with E-state index in [-0.39, 0.29) is 45.5 Å². The van der Waals surface area contributed by atoms with Gasteiger partial charge in [-0.15, -0.1) is 22.7 Å². The molecule has 0 bridgehead atoms. The minimum atomic E-state index is -1.14. The Bertz CT molecular complexity index is 2450. The van der Waals surface area contributed by atoms with E-state index in [1.807, 2.05) is 72.8 Å². The van der Waals surface area contributed by atoms with Gasteiger partial charge in [-0.25, -0.2) is 9.59 Å². The van der Waals surface area contributed by atoms with Gasteiger partial charge in [0.15, 0.2) is 0 Å². The summed E-state index contributed by atoms with van der Waals surface area (Å²) in [5.74, 6) is -1.36. The molecule has 0 unspecified atom stereocenters. The Hall–Kier alpha value is -6.23. The summed E-state index contributed by atoms with van der Waals surface area (Å²) in [6.45, 7) is -0.172. The molecule has 3 amide bonds. The average Bonchev–Trinajstić information content (AvgIpc) is 4.20. The number of nitrogens with zero attached hydrogens (tertiary/aromatic N) is 2. The highest BCUT2D eigenvalue weighted by Gasteiger charge is 2.29. The SMILES string of the molecule is C.N[C@H](CNC(=O)c1cc2nccc(C3CC3)c2s1)C(=O)O.O=C(N[C@H](CNC(=O)c1cc2nccc(C3CC3)c2s1)C(=O)OCc1ccccc1)OCc1ccccc1. The first kappa shape index (κ1) is 43.4. The number of pyridine rings is 2. The zero-order chi connectivity index (χ0) is 41.3. The number of amides is 3. The summed E-state index contributed by atoms with van der Waals surface area (Å²) in [4.78, 5) is 70.8. The van der Waals surface area contributed by atoms with Crippen LogP contribution in [0.1, 0.15) is 86.5 Å². The number of carbonyl (C=O) groups is 5. The van der Waals surface area contributed by atoms with E-state index >= 15 is 0 Å². The van der Waals surface area contributed by atoms with Crippen LogP contribution in [0.4, 0.5) is 4.79 Å². The molecule has 0 spiro atoms. The molecular formula is C44H46N6O8S2. The van der Waals surface area contributed by atoms with Crippen LogP contribution in [-0.4, -0.2) is 70.1 Å². The molecule has 8 rings (SSSR count). The summed E-state index contributed by atoms with van der Waals surface area (Å²) in [5.41, 5.74) is 11.1. The Morgan fingerprint density at radius 1 is 0.700 bits per heavy atom. The molecule has 2 saturated carbocycles. The molecule has 14 nitrogen and oxygen atoms in total. The predicted molar refractivity (Wildman–Crippen MR) is 230 cm³/mol. The fraction of sp³-hybridized carbons (Fsp3) is 0.295. The number of carboxylic acids is 1. The van der Waals surface area contributed by atoms with Crippen molar-refractivity contribution in [3.8, 4) is 0 Å². The van der Waals surface area contributed by atoms with Crippen molar-refractivity contribution in [2.75, 3.05) is 13.1 Å². The van der Waals surface area contributed by atoms with Crippen LogP contribution in [0.15, 0.2) is 97.3 Å². The van der Waals surface area contributed by atoms with Crippen LogP contribution < -0.4 is 21.7 Å². The number of rotatable bonds is 15. The van der Waals surface area contributed by atoms with Crippen molar-refractivity contribution in [3.63, 3.8) is 0 Å². The van der Waals surface area contributed by atoms with Gasteiger partial charge in [0.05, 0.1) is 30.2 Å².